The minimum Gasteiger partial charge on any atom is -0.298 e. The second kappa shape index (κ2) is 6.03. The summed E-state index contributed by atoms with van der Waals surface area (Å²) in [5.74, 6) is 2.89. The molecule has 0 bridgehead atoms. The molecule has 0 spiro atoms. The predicted octanol–water partition coefficient (Wildman–Crippen LogP) is 5.09. The molecule has 0 amide bonds. The van der Waals surface area contributed by atoms with Crippen molar-refractivity contribution >= 4 is 30.7 Å². The van der Waals surface area contributed by atoms with Crippen molar-refractivity contribution in [1.82, 2.24) is 4.31 Å². The second-order valence-corrected chi connectivity index (χ2v) is 10.2. The van der Waals surface area contributed by atoms with Crippen LogP contribution in [0.2, 0.25) is 0 Å². The van der Waals surface area contributed by atoms with Crippen LogP contribution in [0.1, 0.15) is 58.8 Å². The molecule has 1 saturated heterocycles. The van der Waals surface area contributed by atoms with E-state index in [0.29, 0.717) is 11.3 Å². The van der Waals surface area contributed by atoms with Crippen molar-refractivity contribution in [1.29, 1.82) is 0 Å². The number of hydrogen-bond donors (Lipinski definition) is 1. The molecule has 3 aliphatic carbocycles. The largest absolute Gasteiger partial charge is 0.298 e. The van der Waals surface area contributed by atoms with E-state index in [4.69, 9.17) is 11.6 Å². The van der Waals surface area contributed by atoms with Gasteiger partial charge in [-0.1, -0.05) is 38.3 Å². The summed E-state index contributed by atoms with van der Waals surface area (Å²) in [6.45, 7) is 7.15. The number of nitrogens with zero attached hydrogens (tertiary/aromatic N) is 1. The van der Waals surface area contributed by atoms with E-state index in [9.17, 15) is 4.79 Å². The number of thiol groups is 1. The average Bonchev–Trinajstić information content (AvgIpc) is 2.70. The van der Waals surface area contributed by atoms with Crippen molar-refractivity contribution in [2.75, 3.05) is 13.1 Å². The highest BCUT2D eigenvalue weighted by Crippen LogP contribution is 2.66. The summed E-state index contributed by atoms with van der Waals surface area (Å²) in [6, 6.07) is 0. The van der Waals surface area contributed by atoms with Gasteiger partial charge in [-0.05, 0) is 74.0 Å². The van der Waals surface area contributed by atoms with Crippen molar-refractivity contribution < 1.29 is 4.79 Å². The van der Waals surface area contributed by atoms with Gasteiger partial charge in [-0.2, -0.15) is 0 Å². The Morgan fingerprint density at radius 2 is 2.00 bits per heavy atom. The number of carbonyl (C=O) groups is 1. The van der Waals surface area contributed by atoms with E-state index < -0.39 is 0 Å². The standard InChI is InChI=1S/C20H30ClNOS/c1-19-7-3-9-22(24)11-14(19)4-5-15-16(19)6-8-20(2)17(15)10-13(12-23)18(20)21/h12,14-17,24H,3-11H2,1-2H3. The highest BCUT2D eigenvalue weighted by molar-refractivity contribution is 7.77. The fourth-order valence-electron chi connectivity index (χ4n) is 6.97. The first-order valence-corrected chi connectivity index (χ1v) is 10.5. The summed E-state index contributed by atoms with van der Waals surface area (Å²) in [5, 5.41) is 0.885. The van der Waals surface area contributed by atoms with Crippen LogP contribution < -0.4 is 0 Å². The van der Waals surface area contributed by atoms with E-state index >= 15 is 0 Å². The molecule has 134 valence electrons. The fraction of sp³-hybridized carbons (Fsp3) is 0.850. The average molecular weight is 368 g/mol. The van der Waals surface area contributed by atoms with Crippen molar-refractivity contribution in [2.45, 2.75) is 58.8 Å². The topological polar surface area (TPSA) is 20.3 Å². The Kier molecular flexibility index (Phi) is 4.38. The number of aldehydes is 1. The van der Waals surface area contributed by atoms with Crippen molar-refractivity contribution in [3.05, 3.63) is 10.6 Å². The summed E-state index contributed by atoms with van der Waals surface area (Å²) >= 11 is 11.4. The van der Waals surface area contributed by atoms with E-state index in [-0.39, 0.29) is 5.41 Å². The van der Waals surface area contributed by atoms with Gasteiger partial charge in [-0.15, -0.1) is 0 Å². The highest BCUT2D eigenvalue weighted by atomic mass is 35.5. The Balaban J connectivity index is 1.65. The van der Waals surface area contributed by atoms with Crippen LogP contribution in [-0.4, -0.2) is 23.7 Å². The lowest BCUT2D eigenvalue weighted by molar-refractivity contribution is -0.105. The maximum Gasteiger partial charge on any atom is 0.147 e. The van der Waals surface area contributed by atoms with E-state index in [1.807, 2.05) is 0 Å². The molecule has 1 aliphatic heterocycles. The smallest absolute Gasteiger partial charge is 0.147 e. The lowest BCUT2D eigenvalue weighted by atomic mass is 9.47. The fourth-order valence-corrected chi connectivity index (χ4v) is 7.67. The predicted molar refractivity (Wildman–Crippen MR) is 102 cm³/mol. The van der Waals surface area contributed by atoms with Gasteiger partial charge in [-0.3, -0.25) is 9.10 Å². The Labute approximate surface area is 156 Å². The minimum absolute atomic E-state index is 0.0580. The molecule has 0 aromatic carbocycles. The van der Waals surface area contributed by atoms with Crippen LogP contribution >= 0.6 is 24.4 Å². The number of allylic oxidation sites excluding steroid dienone is 2. The van der Waals surface area contributed by atoms with Crippen LogP contribution in [-0.2, 0) is 4.79 Å². The Hall–Kier alpha value is 0.01000. The maximum absolute atomic E-state index is 11.5. The van der Waals surface area contributed by atoms with Gasteiger partial charge in [0.1, 0.15) is 6.29 Å². The van der Waals surface area contributed by atoms with E-state index in [2.05, 4.69) is 31.0 Å². The molecular formula is C20H30ClNOS. The molecule has 1 heterocycles. The molecule has 0 aromatic rings. The summed E-state index contributed by atoms with van der Waals surface area (Å²) in [5.41, 5.74) is 1.39. The summed E-state index contributed by atoms with van der Waals surface area (Å²) in [6.07, 6.45) is 9.60. The summed E-state index contributed by atoms with van der Waals surface area (Å²) in [4.78, 5) is 11.5. The zero-order chi connectivity index (χ0) is 17.1. The van der Waals surface area contributed by atoms with Crippen LogP contribution in [0.4, 0.5) is 0 Å². The second-order valence-electron chi connectivity index (χ2n) is 9.29. The third-order valence-electron chi connectivity index (χ3n) is 8.38. The highest BCUT2D eigenvalue weighted by Gasteiger charge is 2.58. The molecule has 2 nitrogen and oxygen atoms in total. The number of rotatable bonds is 1. The number of hydrogen-bond acceptors (Lipinski definition) is 3. The third kappa shape index (κ3) is 2.37. The van der Waals surface area contributed by atoms with Gasteiger partial charge in [0.2, 0.25) is 0 Å². The van der Waals surface area contributed by atoms with Gasteiger partial charge in [0, 0.05) is 29.1 Å². The lowest BCUT2D eigenvalue weighted by Crippen LogP contribution is -2.52. The lowest BCUT2D eigenvalue weighted by Gasteiger charge is -2.58. The molecule has 4 rings (SSSR count). The molecule has 0 N–H and O–H groups in total. The molecule has 0 radical (unpaired) electrons. The van der Waals surface area contributed by atoms with Crippen LogP contribution in [0.3, 0.4) is 0 Å². The Morgan fingerprint density at radius 1 is 1.21 bits per heavy atom. The SMILES string of the molecule is CC12CCC3C(CCC4CN(S)CCCC43C)C1CC(C=O)=C2Cl. The molecule has 24 heavy (non-hydrogen) atoms. The van der Waals surface area contributed by atoms with Crippen molar-refractivity contribution in [3.63, 3.8) is 0 Å². The number of carbonyl (C=O) groups excluding carboxylic acids is 1. The molecule has 6 atom stereocenters. The van der Waals surface area contributed by atoms with Crippen LogP contribution in [0.15, 0.2) is 10.6 Å². The summed E-state index contributed by atoms with van der Waals surface area (Å²) < 4.78 is 2.25. The molecule has 0 aromatic heterocycles. The molecule has 6 unspecified atom stereocenters. The first kappa shape index (κ1) is 17.4. The normalized spacial score (nSPS) is 49.2. The monoisotopic (exact) mass is 367 g/mol. The molecule has 2 saturated carbocycles. The van der Waals surface area contributed by atoms with Crippen LogP contribution in [0.5, 0.6) is 0 Å². The van der Waals surface area contributed by atoms with E-state index in [1.165, 1.54) is 32.1 Å². The van der Waals surface area contributed by atoms with Crippen LogP contribution in [0, 0.1) is 34.5 Å². The van der Waals surface area contributed by atoms with Gasteiger partial charge >= 0.3 is 0 Å². The summed E-state index contributed by atoms with van der Waals surface area (Å²) in [7, 11) is 0. The van der Waals surface area contributed by atoms with Gasteiger partial charge in [0.25, 0.3) is 0 Å². The minimum atomic E-state index is 0.0580. The van der Waals surface area contributed by atoms with Crippen molar-refractivity contribution in [2.24, 2.45) is 34.5 Å². The van der Waals surface area contributed by atoms with Crippen LogP contribution in [0.25, 0.3) is 0 Å². The van der Waals surface area contributed by atoms with Gasteiger partial charge in [0.15, 0.2) is 0 Å². The quantitative estimate of drug-likeness (QED) is 0.514. The number of halogens is 1. The first-order chi connectivity index (χ1) is 11.4. The van der Waals surface area contributed by atoms with Crippen molar-refractivity contribution in [3.8, 4) is 0 Å². The maximum atomic E-state index is 11.5. The molecular weight excluding hydrogens is 338 g/mol. The zero-order valence-corrected chi connectivity index (χ0v) is 16.6. The van der Waals surface area contributed by atoms with Gasteiger partial charge in [-0.25, -0.2) is 0 Å². The number of fused-ring (bicyclic) bond motifs is 5. The van der Waals surface area contributed by atoms with Gasteiger partial charge < -0.3 is 0 Å². The van der Waals surface area contributed by atoms with E-state index in [0.717, 1.165) is 60.6 Å². The molecule has 4 aliphatic rings. The Morgan fingerprint density at radius 3 is 2.75 bits per heavy atom. The first-order valence-electron chi connectivity index (χ1n) is 9.68. The molecule has 3 fully saturated rings. The zero-order valence-electron chi connectivity index (χ0n) is 14.9. The third-order valence-corrected chi connectivity index (χ3v) is 9.42. The Bertz CT molecular complexity index is 578. The van der Waals surface area contributed by atoms with Gasteiger partial charge in [0.05, 0.1) is 0 Å². The van der Waals surface area contributed by atoms with E-state index in [1.54, 1.807) is 0 Å². The molecule has 4 heteroatoms.